The Morgan fingerprint density at radius 2 is 1.53 bits per heavy atom. The van der Waals surface area contributed by atoms with Gasteiger partial charge in [-0.1, -0.05) is 0 Å². The molecule has 0 aliphatic heterocycles. The maximum atomic E-state index is 2.62. The van der Waals surface area contributed by atoms with Crippen molar-refractivity contribution in [3.05, 3.63) is 81.2 Å². The molecule has 0 nitrogen and oxygen atoms in total. The van der Waals surface area contributed by atoms with E-state index in [-0.39, 0.29) is 51.9 Å². The Labute approximate surface area is 218 Å². The molecule has 0 spiro atoms. The molecule has 4 unspecified atom stereocenters. The van der Waals surface area contributed by atoms with Gasteiger partial charge in [-0.3, -0.25) is 0 Å². The monoisotopic (exact) mass is 520 g/mol. The molecule has 2 aromatic carbocycles. The molecule has 2 aromatic rings. The maximum absolute atomic E-state index is 2.62. The van der Waals surface area contributed by atoms with Gasteiger partial charge in [0.25, 0.3) is 0 Å². The number of rotatable bonds is 7. The minimum atomic E-state index is -0.238. The van der Waals surface area contributed by atoms with Crippen molar-refractivity contribution in [1.82, 2.24) is 0 Å². The second-order valence-electron chi connectivity index (χ2n) is 9.08. The van der Waals surface area contributed by atoms with Gasteiger partial charge in [-0.25, -0.2) is 0 Å². The molecule has 0 amide bonds. The van der Waals surface area contributed by atoms with Crippen LogP contribution in [0.3, 0.4) is 0 Å². The van der Waals surface area contributed by atoms with Crippen LogP contribution in [-0.2, 0) is 19.2 Å². The minimum Gasteiger partial charge on any atom is -1.00 e. The molecule has 2 aliphatic carbocycles. The molecule has 0 aromatic heterocycles. The standard InChI is InChI=1S/C17H24P.C11H11.2ClH.Ti/c1-5-13(3)18(14(4)6-2)17-11-15-9-7-8-10-16(15)12-17;1-8-6-7-9(2)11-5-3-4-10(8)11;;;/h7-14H,5-6H2,1-4H3;3-7H,1-2H3;2*1H;/q;;;;+2/p-2. The summed E-state index contributed by atoms with van der Waals surface area (Å²) in [5, 5.41) is 1.82. The molecule has 4 heteroatoms. The number of hydrogen-bond acceptors (Lipinski definition) is 0. The molecule has 170 valence electrons. The van der Waals surface area contributed by atoms with Crippen LogP contribution in [0.25, 0.3) is 12.2 Å². The summed E-state index contributed by atoms with van der Waals surface area (Å²) in [5.41, 5.74) is 10.8. The van der Waals surface area contributed by atoms with Crippen LogP contribution in [0, 0.1) is 13.8 Å². The van der Waals surface area contributed by atoms with E-state index in [2.05, 4.69) is 96.2 Å². The second kappa shape index (κ2) is 11.9. The van der Waals surface area contributed by atoms with Crippen LogP contribution in [-0.4, -0.2) is 11.3 Å². The molecule has 0 fully saturated rings. The Morgan fingerprint density at radius 3 is 2.19 bits per heavy atom. The van der Waals surface area contributed by atoms with Gasteiger partial charge in [-0.15, -0.1) is 0 Å². The first kappa shape index (κ1) is 27.9. The summed E-state index contributed by atoms with van der Waals surface area (Å²) in [6.07, 6.45) is 10.2. The van der Waals surface area contributed by atoms with E-state index in [9.17, 15) is 0 Å². The molecule has 0 radical (unpaired) electrons. The van der Waals surface area contributed by atoms with Gasteiger partial charge < -0.3 is 24.8 Å². The Kier molecular flexibility index (Phi) is 10.3. The minimum absolute atomic E-state index is 0. The van der Waals surface area contributed by atoms with E-state index < -0.39 is 0 Å². The van der Waals surface area contributed by atoms with Crippen LogP contribution in [0.1, 0.15) is 82.4 Å². The van der Waals surface area contributed by atoms with Gasteiger partial charge in [0.2, 0.25) is 0 Å². The van der Waals surface area contributed by atoms with Crippen LogP contribution in [0.15, 0.2) is 47.8 Å². The van der Waals surface area contributed by atoms with Crippen molar-refractivity contribution in [3.63, 3.8) is 0 Å². The topological polar surface area (TPSA) is 0 Å². The first-order valence-electron chi connectivity index (χ1n) is 11.6. The summed E-state index contributed by atoms with van der Waals surface area (Å²) >= 11 is -0.238. The average molecular weight is 521 g/mol. The van der Waals surface area contributed by atoms with Gasteiger partial charge in [0, 0.05) is 0 Å². The maximum Gasteiger partial charge on any atom is -1.00 e. The average Bonchev–Trinajstić information content (AvgIpc) is 3.34. The third kappa shape index (κ3) is 5.16. The predicted octanol–water partition coefficient (Wildman–Crippen LogP) is 2.64. The smallest absolute Gasteiger partial charge is 1.00 e. The van der Waals surface area contributed by atoms with Gasteiger partial charge >= 0.3 is 195 Å². The zero-order valence-corrected chi connectivity index (χ0v) is 24.1. The van der Waals surface area contributed by atoms with Crippen molar-refractivity contribution < 1.29 is 44.0 Å². The Morgan fingerprint density at radius 1 is 0.906 bits per heavy atom. The van der Waals surface area contributed by atoms with E-state index in [1.54, 1.807) is 11.1 Å². The van der Waals surface area contributed by atoms with Crippen molar-refractivity contribution in [2.45, 2.75) is 74.1 Å². The van der Waals surface area contributed by atoms with Crippen molar-refractivity contribution in [2.24, 2.45) is 0 Å². The molecule has 4 atom stereocenters. The molecule has 0 saturated heterocycles. The molecule has 0 N–H and O–H groups in total. The van der Waals surface area contributed by atoms with Crippen LogP contribution in [0.4, 0.5) is 0 Å². The molecule has 32 heavy (non-hydrogen) atoms. The third-order valence-corrected chi connectivity index (χ3v) is 14.0. The van der Waals surface area contributed by atoms with E-state index in [1.165, 1.54) is 35.1 Å². The zero-order chi connectivity index (χ0) is 21.4. The number of halogens is 2. The first-order chi connectivity index (χ1) is 14.5. The van der Waals surface area contributed by atoms with Gasteiger partial charge in [0.05, 0.1) is 0 Å². The predicted molar refractivity (Wildman–Crippen MR) is 131 cm³/mol. The fourth-order valence-corrected chi connectivity index (χ4v) is 12.4. The molecule has 2 aliphatic rings. The van der Waals surface area contributed by atoms with Crippen molar-refractivity contribution in [3.8, 4) is 0 Å². The quantitative estimate of drug-likeness (QED) is 0.389. The molecular weight excluding hydrogens is 486 g/mol. The zero-order valence-electron chi connectivity index (χ0n) is 20.1. The first-order valence-corrected chi connectivity index (χ1v) is 14.9. The van der Waals surface area contributed by atoms with E-state index in [1.807, 2.05) is 5.31 Å². The second-order valence-corrected chi connectivity index (χ2v) is 14.6. The largest absolute Gasteiger partial charge is 1.00 e. The van der Waals surface area contributed by atoms with Crippen molar-refractivity contribution >= 4 is 20.1 Å². The van der Waals surface area contributed by atoms with E-state index in [0.29, 0.717) is 8.45 Å². The summed E-state index contributed by atoms with van der Waals surface area (Å²) < 4.78 is 1.35. The fourth-order valence-electron chi connectivity index (χ4n) is 5.14. The van der Waals surface area contributed by atoms with Gasteiger partial charge in [0.15, 0.2) is 0 Å². The van der Waals surface area contributed by atoms with E-state index in [4.69, 9.17) is 0 Å². The normalized spacial score (nSPS) is 20.8. The summed E-state index contributed by atoms with van der Waals surface area (Å²) in [7, 11) is -0.103. The molecule has 0 bridgehead atoms. The summed E-state index contributed by atoms with van der Waals surface area (Å²) in [5.74, 6) is 0. The number of benzene rings is 2. The van der Waals surface area contributed by atoms with Crippen LogP contribution < -0.4 is 24.8 Å². The van der Waals surface area contributed by atoms with E-state index >= 15 is 0 Å². The van der Waals surface area contributed by atoms with Gasteiger partial charge in [-0.05, 0) is 0 Å². The number of aryl methyl sites for hydroxylation is 2. The van der Waals surface area contributed by atoms with Crippen LogP contribution in [0.2, 0.25) is 0 Å². The number of hydrogen-bond donors (Lipinski definition) is 0. The van der Waals surface area contributed by atoms with Crippen molar-refractivity contribution in [2.75, 3.05) is 0 Å². The van der Waals surface area contributed by atoms with Gasteiger partial charge in [-0.2, -0.15) is 0 Å². The number of fused-ring (bicyclic) bond motifs is 2. The Bertz CT molecular complexity index is 987. The molecule has 0 heterocycles. The Balaban J connectivity index is 0.00000181. The van der Waals surface area contributed by atoms with Gasteiger partial charge in [0.1, 0.15) is 0 Å². The summed E-state index contributed by atoms with van der Waals surface area (Å²) in [6.45, 7) is 14.4. The SMILES string of the molecule is CCC(C)P(C1=Cc2ccccc2[CH]1[Ti+2][CH]1C=Cc2c(C)ccc(C)c21)C(C)CC.[Cl-].[Cl-]. The summed E-state index contributed by atoms with van der Waals surface area (Å²) in [4.78, 5) is 0. The third-order valence-electron chi connectivity index (χ3n) is 7.17. The van der Waals surface area contributed by atoms with Crippen LogP contribution >= 0.6 is 7.92 Å². The summed E-state index contributed by atoms with van der Waals surface area (Å²) in [6, 6.07) is 13.9. The Hall–Kier alpha value is -0.356. The molecule has 4 rings (SSSR count). The van der Waals surface area contributed by atoms with E-state index in [0.717, 1.165) is 11.3 Å². The van der Waals surface area contributed by atoms with Crippen molar-refractivity contribution in [1.29, 1.82) is 0 Å². The molecule has 0 saturated carbocycles. The fraction of sp³-hybridized carbons (Fsp3) is 0.429. The van der Waals surface area contributed by atoms with Crippen LogP contribution in [0.5, 0.6) is 0 Å². The number of allylic oxidation sites excluding steroid dienone is 2. The molecular formula is C28H35Cl2PTi.